The zero-order chi connectivity index (χ0) is 23.0. The predicted molar refractivity (Wildman–Crippen MR) is 119 cm³/mol. The highest BCUT2D eigenvalue weighted by atomic mass is 16.6. The van der Waals surface area contributed by atoms with E-state index >= 15 is 0 Å². The first-order chi connectivity index (χ1) is 14.6. The summed E-state index contributed by atoms with van der Waals surface area (Å²) in [4.78, 5) is 39.9. The van der Waals surface area contributed by atoms with E-state index in [-0.39, 0.29) is 5.91 Å². The van der Waals surface area contributed by atoms with E-state index in [0.717, 1.165) is 58.0 Å². The Bertz CT molecular complexity index is 603. The summed E-state index contributed by atoms with van der Waals surface area (Å²) in [6.45, 7) is 10.3. The van der Waals surface area contributed by atoms with Crippen LogP contribution in [0.5, 0.6) is 0 Å². The fraction of sp³-hybridized carbons (Fsp3) is 0.870. The van der Waals surface area contributed by atoms with Crippen molar-refractivity contribution < 1.29 is 24.2 Å². The predicted octanol–water partition coefficient (Wildman–Crippen LogP) is 4.09. The summed E-state index contributed by atoms with van der Waals surface area (Å²) in [5, 5.41) is 11.9. The number of rotatable bonds is 7. The van der Waals surface area contributed by atoms with Gasteiger partial charge in [0.15, 0.2) is 0 Å². The van der Waals surface area contributed by atoms with E-state index in [1.807, 2.05) is 25.7 Å². The molecular formula is C23H41N3O5. The van der Waals surface area contributed by atoms with E-state index in [2.05, 4.69) is 12.2 Å². The lowest BCUT2D eigenvalue weighted by atomic mass is 9.90. The molecule has 0 saturated carbocycles. The van der Waals surface area contributed by atoms with Gasteiger partial charge in [0, 0.05) is 26.2 Å². The van der Waals surface area contributed by atoms with Gasteiger partial charge in [0.1, 0.15) is 11.6 Å². The molecule has 3 amide bonds. The van der Waals surface area contributed by atoms with Crippen molar-refractivity contribution in [3.05, 3.63) is 0 Å². The summed E-state index contributed by atoms with van der Waals surface area (Å²) in [7, 11) is 0. The van der Waals surface area contributed by atoms with Gasteiger partial charge >= 0.3 is 12.2 Å². The van der Waals surface area contributed by atoms with E-state index in [1.54, 1.807) is 0 Å². The molecule has 0 radical (unpaired) electrons. The van der Waals surface area contributed by atoms with Crippen molar-refractivity contribution in [2.45, 2.75) is 90.7 Å². The number of carboxylic acid groups (broad SMARTS) is 1. The average Bonchev–Trinajstić information content (AvgIpc) is 2.71. The Balaban J connectivity index is 1.89. The first kappa shape index (κ1) is 25.3. The summed E-state index contributed by atoms with van der Waals surface area (Å²) < 4.78 is 5.39. The molecule has 0 aliphatic carbocycles. The molecular weight excluding hydrogens is 398 g/mol. The maximum atomic E-state index is 13.2. The van der Waals surface area contributed by atoms with Gasteiger partial charge in [-0.3, -0.25) is 4.79 Å². The number of ether oxygens (including phenoxy) is 1. The van der Waals surface area contributed by atoms with Gasteiger partial charge in [-0.2, -0.15) is 0 Å². The van der Waals surface area contributed by atoms with Crippen molar-refractivity contribution in [2.24, 2.45) is 11.8 Å². The lowest BCUT2D eigenvalue weighted by Gasteiger charge is -2.34. The second-order valence-electron chi connectivity index (χ2n) is 10.0. The van der Waals surface area contributed by atoms with Crippen LogP contribution in [0.3, 0.4) is 0 Å². The molecule has 178 valence electrons. The summed E-state index contributed by atoms with van der Waals surface area (Å²) in [5.41, 5.74) is -0.616. The maximum Gasteiger partial charge on any atom is 0.408 e. The fourth-order valence-electron chi connectivity index (χ4n) is 4.51. The Hall–Kier alpha value is -1.99. The number of nitrogens with one attached hydrogen (secondary N) is 1. The minimum Gasteiger partial charge on any atom is -0.465 e. The molecule has 2 saturated heterocycles. The van der Waals surface area contributed by atoms with Gasteiger partial charge in [0.05, 0.1) is 0 Å². The quantitative estimate of drug-likeness (QED) is 0.622. The van der Waals surface area contributed by atoms with Gasteiger partial charge in [-0.15, -0.1) is 0 Å². The van der Waals surface area contributed by atoms with E-state index in [1.165, 1.54) is 4.90 Å². The third-order valence-electron chi connectivity index (χ3n) is 6.48. The third-order valence-corrected chi connectivity index (χ3v) is 6.48. The van der Waals surface area contributed by atoms with Gasteiger partial charge in [0.25, 0.3) is 0 Å². The molecule has 0 aromatic rings. The van der Waals surface area contributed by atoms with Gasteiger partial charge in [0.2, 0.25) is 5.91 Å². The minimum atomic E-state index is -0.850. The first-order valence-corrected chi connectivity index (χ1v) is 11.8. The number of hydrogen-bond donors (Lipinski definition) is 2. The van der Waals surface area contributed by atoms with Crippen LogP contribution < -0.4 is 5.32 Å². The van der Waals surface area contributed by atoms with Crippen LogP contribution >= 0.6 is 0 Å². The molecule has 8 heteroatoms. The third kappa shape index (κ3) is 8.57. The summed E-state index contributed by atoms with van der Waals surface area (Å²) >= 11 is 0. The summed E-state index contributed by atoms with van der Waals surface area (Å²) in [6.07, 6.45) is 5.81. The Morgan fingerprint density at radius 3 is 2.06 bits per heavy atom. The molecule has 2 N–H and O–H groups in total. The van der Waals surface area contributed by atoms with Gasteiger partial charge in [-0.05, 0) is 64.7 Å². The molecule has 2 rings (SSSR count). The number of nitrogens with zero attached hydrogens (tertiary/aromatic N) is 2. The van der Waals surface area contributed by atoms with E-state index < -0.39 is 23.8 Å². The molecule has 1 atom stereocenters. The lowest BCUT2D eigenvalue weighted by Crippen LogP contribution is -2.51. The smallest absolute Gasteiger partial charge is 0.408 e. The Kier molecular flexibility index (Phi) is 9.44. The van der Waals surface area contributed by atoms with Crippen molar-refractivity contribution in [3.8, 4) is 0 Å². The molecule has 2 aliphatic rings. The van der Waals surface area contributed by atoms with Crippen LogP contribution in [0.1, 0.15) is 79.1 Å². The van der Waals surface area contributed by atoms with Crippen LogP contribution in [0.2, 0.25) is 0 Å². The number of piperidine rings is 2. The van der Waals surface area contributed by atoms with Crippen molar-refractivity contribution in [2.75, 3.05) is 26.2 Å². The van der Waals surface area contributed by atoms with Gasteiger partial charge in [-0.25, -0.2) is 9.59 Å². The Morgan fingerprint density at radius 1 is 1.00 bits per heavy atom. The number of alkyl carbamates (subject to hydrolysis) is 1. The Labute approximate surface area is 186 Å². The average molecular weight is 440 g/mol. The highest BCUT2D eigenvalue weighted by Gasteiger charge is 2.30. The normalized spacial score (nSPS) is 19.7. The molecule has 0 bridgehead atoms. The highest BCUT2D eigenvalue weighted by Crippen LogP contribution is 2.24. The topological polar surface area (TPSA) is 99.2 Å². The van der Waals surface area contributed by atoms with Crippen LogP contribution in [0, 0.1) is 11.8 Å². The second-order valence-corrected chi connectivity index (χ2v) is 10.0. The molecule has 31 heavy (non-hydrogen) atoms. The Morgan fingerprint density at radius 2 is 1.55 bits per heavy atom. The molecule has 0 unspecified atom stereocenters. The van der Waals surface area contributed by atoms with Crippen LogP contribution in [0.4, 0.5) is 9.59 Å². The lowest BCUT2D eigenvalue weighted by molar-refractivity contribution is -0.135. The van der Waals surface area contributed by atoms with Crippen molar-refractivity contribution >= 4 is 18.1 Å². The van der Waals surface area contributed by atoms with Crippen LogP contribution in [0.25, 0.3) is 0 Å². The minimum absolute atomic E-state index is 0.0129. The molecule has 2 heterocycles. The SMILES string of the molecule is CCC1CCN(C(=O)[C@H](CCCC2CCN(C(=O)O)CC2)NC(=O)OC(C)(C)C)CC1. The van der Waals surface area contributed by atoms with Crippen LogP contribution in [-0.2, 0) is 9.53 Å². The van der Waals surface area contributed by atoms with Crippen molar-refractivity contribution in [3.63, 3.8) is 0 Å². The molecule has 0 spiro atoms. The van der Waals surface area contributed by atoms with Gasteiger partial charge in [-0.1, -0.05) is 26.2 Å². The van der Waals surface area contributed by atoms with E-state index in [0.29, 0.717) is 31.3 Å². The zero-order valence-corrected chi connectivity index (χ0v) is 19.7. The van der Waals surface area contributed by atoms with E-state index in [9.17, 15) is 14.4 Å². The standard InChI is InChI=1S/C23H41N3O5/c1-5-17-9-13-25(14-10-17)20(27)19(24-21(28)31-23(2,3)4)8-6-7-18-11-15-26(16-12-18)22(29)30/h17-19H,5-16H2,1-4H3,(H,24,28)(H,29,30)/t19-/m0/s1. The number of hydrogen-bond acceptors (Lipinski definition) is 4. The molecule has 2 fully saturated rings. The van der Waals surface area contributed by atoms with Crippen LogP contribution in [0.15, 0.2) is 0 Å². The number of carbonyl (C=O) groups excluding carboxylic acids is 2. The van der Waals surface area contributed by atoms with Crippen LogP contribution in [-0.4, -0.2) is 70.8 Å². The number of carbonyl (C=O) groups is 3. The zero-order valence-electron chi connectivity index (χ0n) is 19.7. The maximum absolute atomic E-state index is 13.2. The number of amides is 3. The van der Waals surface area contributed by atoms with Gasteiger partial charge < -0.3 is 25.0 Å². The second kappa shape index (κ2) is 11.6. The monoisotopic (exact) mass is 439 g/mol. The first-order valence-electron chi connectivity index (χ1n) is 11.8. The molecule has 0 aromatic heterocycles. The van der Waals surface area contributed by atoms with E-state index in [4.69, 9.17) is 9.84 Å². The molecule has 8 nitrogen and oxygen atoms in total. The highest BCUT2D eigenvalue weighted by molar-refractivity contribution is 5.85. The molecule has 0 aromatic carbocycles. The fourth-order valence-corrected chi connectivity index (χ4v) is 4.51. The largest absolute Gasteiger partial charge is 0.465 e. The van der Waals surface area contributed by atoms with Crippen molar-refractivity contribution in [1.29, 1.82) is 0 Å². The van der Waals surface area contributed by atoms with Crippen molar-refractivity contribution in [1.82, 2.24) is 15.1 Å². The summed E-state index contributed by atoms with van der Waals surface area (Å²) in [5.74, 6) is 1.13. The number of likely N-dealkylation sites (tertiary alicyclic amines) is 2. The molecule has 2 aliphatic heterocycles. The summed E-state index contributed by atoms with van der Waals surface area (Å²) in [6, 6.07) is -0.577.